The van der Waals surface area contributed by atoms with Crippen LogP contribution in [0.2, 0.25) is 0 Å². The Hall–Kier alpha value is -1.24. The van der Waals surface area contributed by atoms with E-state index in [9.17, 15) is 0 Å². The maximum absolute atomic E-state index is 3.89. The molecule has 0 saturated heterocycles. The summed E-state index contributed by atoms with van der Waals surface area (Å²) in [4.78, 5) is 2.38. The summed E-state index contributed by atoms with van der Waals surface area (Å²) in [7, 11) is 2.19. The molecule has 1 unspecified atom stereocenters. The number of rotatable bonds is 2. The topological polar surface area (TPSA) is 3.24 Å². The Morgan fingerprint density at radius 2 is 2.27 bits per heavy atom. The third-order valence-corrected chi connectivity index (χ3v) is 3.32. The average Bonchev–Trinajstić information content (AvgIpc) is 2.28. The number of para-hydroxylation sites is 1. The SMILES string of the molecule is C=CC(C)c1cccc2c1N(C)CCC2. The lowest BCUT2D eigenvalue weighted by molar-refractivity contribution is 0.735. The van der Waals surface area contributed by atoms with Crippen molar-refractivity contribution in [3.63, 3.8) is 0 Å². The molecule has 1 nitrogen and oxygen atoms in total. The van der Waals surface area contributed by atoms with Gasteiger partial charge in [0.25, 0.3) is 0 Å². The van der Waals surface area contributed by atoms with Crippen molar-refractivity contribution in [3.8, 4) is 0 Å². The molecule has 0 fully saturated rings. The number of allylic oxidation sites excluding steroid dienone is 1. The van der Waals surface area contributed by atoms with Gasteiger partial charge in [-0.1, -0.05) is 31.2 Å². The molecule has 1 heterocycles. The second kappa shape index (κ2) is 4.09. The summed E-state index contributed by atoms with van der Waals surface area (Å²) in [5, 5.41) is 0. The molecule has 0 aromatic heterocycles. The van der Waals surface area contributed by atoms with Crippen LogP contribution in [0.25, 0.3) is 0 Å². The molecule has 0 radical (unpaired) electrons. The fraction of sp³-hybridized carbons (Fsp3) is 0.429. The zero-order valence-corrected chi connectivity index (χ0v) is 9.66. The van der Waals surface area contributed by atoms with Crippen molar-refractivity contribution in [1.29, 1.82) is 0 Å². The van der Waals surface area contributed by atoms with E-state index in [1.165, 1.54) is 36.2 Å². The van der Waals surface area contributed by atoms with Crippen molar-refractivity contribution in [2.75, 3.05) is 18.5 Å². The highest BCUT2D eigenvalue weighted by molar-refractivity contribution is 5.62. The molecule has 80 valence electrons. The first-order valence-electron chi connectivity index (χ1n) is 5.69. The van der Waals surface area contributed by atoms with Gasteiger partial charge >= 0.3 is 0 Å². The fourth-order valence-electron chi connectivity index (χ4n) is 2.39. The predicted octanol–water partition coefficient (Wildman–Crippen LogP) is 3.36. The van der Waals surface area contributed by atoms with E-state index in [4.69, 9.17) is 0 Å². The standard InChI is InChI=1S/C14H19N/c1-4-11(2)13-9-5-7-12-8-6-10-15(3)14(12)13/h4-5,7,9,11H,1,6,8,10H2,2-3H3. The molecule has 0 N–H and O–H groups in total. The maximum Gasteiger partial charge on any atom is 0.0434 e. The minimum Gasteiger partial charge on any atom is -0.374 e. The highest BCUT2D eigenvalue weighted by Crippen LogP contribution is 2.34. The molecule has 0 saturated carbocycles. The average molecular weight is 201 g/mol. The van der Waals surface area contributed by atoms with E-state index in [0.29, 0.717) is 5.92 Å². The van der Waals surface area contributed by atoms with Crippen LogP contribution in [0.1, 0.15) is 30.4 Å². The van der Waals surface area contributed by atoms with E-state index >= 15 is 0 Å². The Morgan fingerprint density at radius 3 is 3.00 bits per heavy atom. The van der Waals surface area contributed by atoms with Crippen LogP contribution in [0, 0.1) is 0 Å². The normalized spacial score (nSPS) is 17.1. The number of benzene rings is 1. The van der Waals surface area contributed by atoms with Gasteiger partial charge in [-0.15, -0.1) is 6.58 Å². The summed E-state index contributed by atoms with van der Waals surface area (Å²) in [5.74, 6) is 0.445. The second-order valence-corrected chi connectivity index (χ2v) is 4.40. The Kier molecular flexibility index (Phi) is 2.81. The second-order valence-electron chi connectivity index (χ2n) is 4.40. The molecule has 1 aliphatic heterocycles. The van der Waals surface area contributed by atoms with E-state index < -0.39 is 0 Å². The molecule has 0 bridgehead atoms. The van der Waals surface area contributed by atoms with E-state index in [0.717, 1.165) is 0 Å². The predicted molar refractivity (Wildman–Crippen MR) is 66.6 cm³/mol. The molecule has 1 atom stereocenters. The number of hydrogen-bond donors (Lipinski definition) is 0. The molecule has 1 heteroatoms. The smallest absolute Gasteiger partial charge is 0.0434 e. The molecule has 2 rings (SSSR count). The summed E-state index contributed by atoms with van der Waals surface area (Å²) in [6.45, 7) is 7.28. The third kappa shape index (κ3) is 1.79. The molecular formula is C14H19N. The van der Waals surface area contributed by atoms with Gasteiger partial charge in [0.1, 0.15) is 0 Å². The van der Waals surface area contributed by atoms with E-state index in [2.05, 4.69) is 43.6 Å². The summed E-state index contributed by atoms with van der Waals surface area (Å²) >= 11 is 0. The van der Waals surface area contributed by atoms with Crippen LogP contribution in [-0.4, -0.2) is 13.6 Å². The molecule has 15 heavy (non-hydrogen) atoms. The number of aryl methyl sites for hydroxylation is 1. The van der Waals surface area contributed by atoms with Gasteiger partial charge in [0, 0.05) is 25.2 Å². The van der Waals surface area contributed by atoms with Gasteiger partial charge in [0.15, 0.2) is 0 Å². The van der Waals surface area contributed by atoms with Crippen LogP contribution < -0.4 is 4.90 Å². The van der Waals surface area contributed by atoms with E-state index in [-0.39, 0.29) is 0 Å². The highest BCUT2D eigenvalue weighted by Gasteiger charge is 2.18. The first-order chi connectivity index (χ1) is 7.24. The monoisotopic (exact) mass is 201 g/mol. The summed E-state index contributed by atoms with van der Waals surface area (Å²) in [5.41, 5.74) is 4.36. The first-order valence-corrected chi connectivity index (χ1v) is 5.69. The van der Waals surface area contributed by atoms with Crippen molar-refractivity contribution >= 4 is 5.69 Å². The van der Waals surface area contributed by atoms with Crippen LogP contribution in [0.5, 0.6) is 0 Å². The van der Waals surface area contributed by atoms with E-state index in [1.807, 2.05) is 6.08 Å². The molecule has 0 amide bonds. The van der Waals surface area contributed by atoms with Crippen LogP contribution in [-0.2, 0) is 6.42 Å². The Balaban J connectivity index is 2.51. The van der Waals surface area contributed by atoms with Gasteiger partial charge in [-0.2, -0.15) is 0 Å². The minimum absolute atomic E-state index is 0.445. The molecular weight excluding hydrogens is 182 g/mol. The summed E-state index contributed by atoms with van der Waals surface area (Å²) in [6, 6.07) is 6.66. The van der Waals surface area contributed by atoms with Crippen molar-refractivity contribution < 1.29 is 0 Å². The quantitative estimate of drug-likeness (QED) is 0.663. The number of anilines is 1. The van der Waals surface area contributed by atoms with Gasteiger partial charge in [0.05, 0.1) is 0 Å². The maximum atomic E-state index is 3.89. The highest BCUT2D eigenvalue weighted by atomic mass is 15.1. The Morgan fingerprint density at radius 1 is 1.47 bits per heavy atom. The van der Waals surface area contributed by atoms with Crippen LogP contribution in [0.4, 0.5) is 5.69 Å². The summed E-state index contributed by atoms with van der Waals surface area (Å²) < 4.78 is 0. The molecule has 1 aromatic carbocycles. The first kappa shape index (κ1) is 10.3. The van der Waals surface area contributed by atoms with Gasteiger partial charge in [0.2, 0.25) is 0 Å². The van der Waals surface area contributed by atoms with Crippen LogP contribution >= 0.6 is 0 Å². The Bertz CT molecular complexity index is 368. The summed E-state index contributed by atoms with van der Waals surface area (Å²) in [6.07, 6.45) is 4.52. The minimum atomic E-state index is 0.445. The van der Waals surface area contributed by atoms with Crippen molar-refractivity contribution in [2.24, 2.45) is 0 Å². The third-order valence-electron chi connectivity index (χ3n) is 3.32. The van der Waals surface area contributed by atoms with Crippen molar-refractivity contribution in [1.82, 2.24) is 0 Å². The van der Waals surface area contributed by atoms with Gasteiger partial charge in [-0.25, -0.2) is 0 Å². The molecule has 1 aliphatic rings. The lowest BCUT2D eigenvalue weighted by Crippen LogP contribution is -2.26. The Labute approximate surface area is 92.4 Å². The van der Waals surface area contributed by atoms with E-state index in [1.54, 1.807) is 0 Å². The van der Waals surface area contributed by atoms with Crippen molar-refractivity contribution in [2.45, 2.75) is 25.7 Å². The zero-order chi connectivity index (χ0) is 10.8. The lowest BCUT2D eigenvalue weighted by Gasteiger charge is -2.31. The number of hydrogen-bond acceptors (Lipinski definition) is 1. The van der Waals surface area contributed by atoms with Gasteiger partial charge in [-0.3, -0.25) is 0 Å². The molecule has 0 aliphatic carbocycles. The van der Waals surface area contributed by atoms with Crippen LogP contribution in [0.3, 0.4) is 0 Å². The lowest BCUT2D eigenvalue weighted by atomic mass is 9.92. The van der Waals surface area contributed by atoms with Crippen LogP contribution in [0.15, 0.2) is 30.9 Å². The largest absolute Gasteiger partial charge is 0.374 e. The molecule has 1 aromatic rings. The van der Waals surface area contributed by atoms with Crippen molar-refractivity contribution in [3.05, 3.63) is 42.0 Å². The zero-order valence-electron chi connectivity index (χ0n) is 9.66. The molecule has 0 spiro atoms. The van der Waals surface area contributed by atoms with Gasteiger partial charge in [-0.05, 0) is 24.0 Å². The number of fused-ring (bicyclic) bond motifs is 1. The van der Waals surface area contributed by atoms with Gasteiger partial charge < -0.3 is 4.90 Å². The fourth-order valence-corrected chi connectivity index (χ4v) is 2.39. The number of nitrogens with zero attached hydrogens (tertiary/aromatic N) is 1.